The fourth-order valence-electron chi connectivity index (χ4n) is 3.84. The molecule has 3 heterocycles. The van der Waals surface area contributed by atoms with E-state index in [1.54, 1.807) is 29.2 Å². The molecule has 164 valence electrons. The van der Waals surface area contributed by atoms with Gasteiger partial charge in [0.25, 0.3) is 5.91 Å². The van der Waals surface area contributed by atoms with Crippen LogP contribution in [-0.4, -0.2) is 25.7 Å². The first-order valence-electron chi connectivity index (χ1n) is 10.5. The number of ether oxygens (including phenoxy) is 1. The lowest BCUT2D eigenvalue weighted by Gasteiger charge is -2.29. The molecule has 33 heavy (non-hydrogen) atoms. The number of allylic oxidation sites excluding steroid dienone is 1. The zero-order valence-corrected chi connectivity index (χ0v) is 18.0. The molecule has 1 unspecified atom stereocenters. The second kappa shape index (κ2) is 8.96. The molecular formula is C25H22N6O2. The van der Waals surface area contributed by atoms with Gasteiger partial charge in [0.1, 0.15) is 24.7 Å². The largest absolute Gasteiger partial charge is 0.489 e. The molecule has 0 saturated heterocycles. The smallest absolute Gasteiger partial charge is 0.255 e. The predicted molar refractivity (Wildman–Crippen MR) is 125 cm³/mol. The first-order chi connectivity index (χ1) is 16.2. The van der Waals surface area contributed by atoms with Crippen molar-refractivity contribution in [3.05, 3.63) is 108 Å². The van der Waals surface area contributed by atoms with Crippen LogP contribution in [0.3, 0.4) is 0 Å². The summed E-state index contributed by atoms with van der Waals surface area (Å²) in [4.78, 5) is 21.7. The van der Waals surface area contributed by atoms with E-state index in [-0.39, 0.29) is 5.91 Å². The number of aromatic nitrogens is 4. The summed E-state index contributed by atoms with van der Waals surface area (Å²) in [5, 5.41) is 10.5. The Balaban J connectivity index is 1.47. The number of benzene rings is 2. The Morgan fingerprint density at radius 3 is 2.82 bits per heavy atom. The van der Waals surface area contributed by atoms with Crippen molar-refractivity contribution >= 4 is 17.5 Å². The fourth-order valence-corrected chi connectivity index (χ4v) is 3.84. The van der Waals surface area contributed by atoms with Crippen LogP contribution >= 0.6 is 0 Å². The third-order valence-electron chi connectivity index (χ3n) is 5.38. The normalized spacial score (nSPS) is 14.9. The van der Waals surface area contributed by atoms with E-state index in [4.69, 9.17) is 4.74 Å². The molecule has 0 aliphatic carbocycles. The molecule has 8 heteroatoms. The molecule has 0 spiro atoms. The summed E-state index contributed by atoms with van der Waals surface area (Å²) in [7, 11) is 0. The predicted octanol–water partition coefficient (Wildman–Crippen LogP) is 4.18. The van der Waals surface area contributed by atoms with Gasteiger partial charge in [-0.2, -0.15) is 10.1 Å². The molecule has 0 bridgehead atoms. The quantitative estimate of drug-likeness (QED) is 0.469. The van der Waals surface area contributed by atoms with Gasteiger partial charge in [0.15, 0.2) is 0 Å². The van der Waals surface area contributed by atoms with Gasteiger partial charge in [-0.25, -0.2) is 4.68 Å². The van der Waals surface area contributed by atoms with Crippen molar-refractivity contribution in [2.75, 3.05) is 10.6 Å². The van der Waals surface area contributed by atoms with E-state index >= 15 is 0 Å². The minimum atomic E-state index is -0.472. The van der Waals surface area contributed by atoms with Gasteiger partial charge in [-0.1, -0.05) is 42.5 Å². The average molecular weight is 438 g/mol. The third kappa shape index (κ3) is 4.31. The number of carbonyl (C=O) groups excluding carboxylic acids is 1. The zero-order chi connectivity index (χ0) is 22.6. The monoisotopic (exact) mass is 438 g/mol. The summed E-state index contributed by atoms with van der Waals surface area (Å²) in [5.74, 6) is 1.04. The third-order valence-corrected chi connectivity index (χ3v) is 5.38. The van der Waals surface area contributed by atoms with E-state index in [0.29, 0.717) is 35.3 Å². The first-order valence-corrected chi connectivity index (χ1v) is 10.5. The highest BCUT2D eigenvalue weighted by atomic mass is 16.5. The van der Waals surface area contributed by atoms with Gasteiger partial charge in [-0.15, -0.1) is 0 Å². The van der Waals surface area contributed by atoms with E-state index in [9.17, 15) is 4.79 Å². The zero-order valence-electron chi connectivity index (χ0n) is 18.0. The topological polar surface area (TPSA) is 94.0 Å². The number of pyridine rings is 1. The maximum atomic E-state index is 13.4. The molecule has 1 aliphatic rings. The van der Waals surface area contributed by atoms with E-state index in [0.717, 1.165) is 11.1 Å². The molecule has 5 rings (SSSR count). The summed E-state index contributed by atoms with van der Waals surface area (Å²) in [6.45, 7) is 2.31. The molecule has 1 atom stereocenters. The molecule has 2 aromatic heterocycles. The molecule has 2 aromatic carbocycles. The van der Waals surface area contributed by atoms with Crippen molar-refractivity contribution in [3.8, 4) is 5.75 Å². The Labute approximate surface area is 191 Å². The van der Waals surface area contributed by atoms with Crippen LogP contribution < -0.4 is 15.4 Å². The average Bonchev–Trinajstić information content (AvgIpc) is 3.31. The van der Waals surface area contributed by atoms with Crippen molar-refractivity contribution in [2.45, 2.75) is 19.6 Å². The molecule has 0 saturated carbocycles. The molecule has 1 aliphatic heterocycles. The van der Waals surface area contributed by atoms with Gasteiger partial charge in [0.2, 0.25) is 5.95 Å². The second-order valence-corrected chi connectivity index (χ2v) is 7.64. The molecular weight excluding hydrogens is 416 g/mol. The summed E-state index contributed by atoms with van der Waals surface area (Å²) in [5.41, 5.74) is 3.81. The number of hydrogen-bond acceptors (Lipinski definition) is 6. The summed E-state index contributed by atoms with van der Waals surface area (Å²) in [6.07, 6.45) is 4.74. The van der Waals surface area contributed by atoms with Gasteiger partial charge in [-0.3, -0.25) is 9.78 Å². The minimum Gasteiger partial charge on any atom is -0.489 e. The van der Waals surface area contributed by atoms with Gasteiger partial charge in [0.05, 0.1) is 17.5 Å². The highest BCUT2D eigenvalue weighted by molar-refractivity contribution is 6.05. The molecule has 4 aromatic rings. The van der Waals surface area contributed by atoms with E-state index in [2.05, 4.69) is 25.7 Å². The Morgan fingerprint density at radius 2 is 2.00 bits per heavy atom. The van der Waals surface area contributed by atoms with Crippen LogP contribution in [0.4, 0.5) is 11.6 Å². The van der Waals surface area contributed by atoms with Crippen LogP contribution in [0.2, 0.25) is 0 Å². The van der Waals surface area contributed by atoms with Crippen molar-refractivity contribution in [1.29, 1.82) is 0 Å². The number of fused-ring (bicyclic) bond motifs is 1. The maximum absolute atomic E-state index is 13.4. The van der Waals surface area contributed by atoms with E-state index in [1.165, 1.54) is 6.33 Å². The highest BCUT2D eigenvalue weighted by Gasteiger charge is 2.33. The summed E-state index contributed by atoms with van der Waals surface area (Å²) < 4.78 is 7.74. The fraction of sp³-hybridized carbons (Fsp3) is 0.120. The first kappa shape index (κ1) is 20.4. The van der Waals surface area contributed by atoms with Crippen LogP contribution in [-0.2, 0) is 11.4 Å². The molecule has 8 nitrogen and oxygen atoms in total. The lowest BCUT2D eigenvalue weighted by Crippen LogP contribution is -2.31. The van der Waals surface area contributed by atoms with Gasteiger partial charge in [0, 0.05) is 11.9 Å². The molecule has 0 radical (unpaired) electrons. The number of hydrogen-bond donors (Lipinski definition) is 2. The Morgan fingerprint density at radius 1 is 1.12 bits per heavy atom. The summed E-state index contributed by atoms with van der Waals surface area (Å²) >= 11 is 0. The van der Waals surface area contributed by atoms with Crippen LogP contribution in [0.1, 0.15) is 24.1 Å². The van der Waals surface area contributed by atoms with E-state index in [1.807, 2.05) is 61.5 Å². The Kier molecular flexibility index (Phi) is 5.55. The van der Waals surface area contributed by atoms with Gasteiger partial charge < -0.3 is 15.4 Å². The number of anilines is 2. The number of nitrogens with one attached hydrogen (secondary N) is 2. The second-order valence-electron chi connectivity index (χ2n) is 7.64. The Bertz CT molecular complexity index is 1300. The number of amides is 1. The lowest BCUT2D eigenvalue weighted by molar-refractivity contribution is -0.113. The number of nitrogens with zero attached hydrogens (tertiary/aromatic N) is 4. The number of carbonyl (C=O) groups is 1. The SMILES string of the molecule is CC1=C(C(=O)Nc2cccnc2)C(c2cccc(OCc3ccccc3)c2)n2ncnc2N1. The van der Waals surface area contributed by atoms with Crippen molar-refractivity contribution in [3.63, 3.8) is 0 Å². The van der Waals surface area contributed by atoms with Gasteiger partial charge >= 0.3 is 0 Å². The molecule has 2 N–H and O–H groups in total. The molecule has 0 fully saturated rings. The number of rotatable bonds is 6. The highest BCUT2D eigenvalue weighted by Crippen LogP contribution is 2.36. The van der Waals surface area contributed by atoms with Crippen LogP contribution in [0.5, 0.6) is 5.75 Å². The van der Waals surface area contributed by atoms with Crippen molar-refractivity contribution in [1.82, 2.24) is 19.7 Å². The van der Waals surface area contributed by atoms with Crippen molar-refractivity contribution in [2.24, 2.45) is 0 Å². The summed E-state index contributed by atoms with van der Waals surface area (Å²) in [6, 6.07) is 20.8. The van der Waals surface area contributed by atoms with Crippen LogP contribution in [0.25, 0.3) is 0 Å². The standard InChI is InChI=1S/C25H22N6O2/c1-17-22(24(32)30-20-10-6-12-26-14-20)23(31-25(29-17)27-16-28-31)19-9-5-11-21(13-19)33-15-18-7-3-2-4-8-18/h2-14,16,23H,15H2,1H3,(H,30,32)(H,27,28,29). The van der Waals surface area contributed by atoms with Crippen LogP contribution in [0.15, 0.2) is 96.7 Å². The Hall–Kier alpha value is -4.46. The van der Waals surface area contributed by atoms with Crippen molar-refractivity contribution < 1.29 is 9.53 Å². The lowest BCUT2D eigenvalue weighted by atomic mass is 9.95. The maximum Gasteiger partial charge on any atom is 0.255 e. The molecule has 1 amide bonds. The van der Waals surface area contributed by atoms with E-state index < -0.39 is 6.04 Å². The van der Waals surface area contributed by atoms with Gasteiger partial charge in [-0.05, 0) is 42.3 Å². The van der Waals surface area contributed by atoms with Crippen LogP contribution in [0, 0.1) is 0 Å². The minimum absolute atomic E-state index is 0.241.